The highest BCUT2D eigenvalue weighted by atomic mass is 31.3. The first-order valence-corrected chi connectivity index (χ1v) is 24.0. The van der Waals surface area contributed by atoms with Gasteiger partial charge in [0.1, 0.15) is 0 Å². The number of unbranched alkanes of at least 4 members (excludes halogenated alkanes) is 3. The molecule has 0 heterocycles. The van der Waals surface area contributed by atoms with E-state index in [1.165, 1.54) is 0 Å². The van der Waals surface area contributed by atoms with Gasteiger partial charge in [0.2, 0.25) is 21.1 Å². The second kappa shape index (κ2) is 14.5. The molecule has 0 aliphatic rings. The molecular weight excluding hydrogens is 780 g/mol. The normalized spacial score (nSPS) is 15.8. The SMILES string of the molecule is O=P(O)(O)C(NC(CCCCCCC(NC(P(=O)(O)O)P(=O)(O)O)(P(=O)(O)O)P(=O)(O)O)(P(=O)(O)O)P(=O)(O)O)P(=O)(O)O. The van der Waals surface area contributed by atoms with Crippen molar-refractivity contribution >= 4 is 60.8 Å². The molecule has 0 unspecified atom stereocenters. The molecule has 0 saturated carbocycles. The molecule has 0 spiro atoms. The van der Waals surface area contributed by atoms with E-state index in [9.17, 15) is 115 Å². The van der Waals surface area contributed by atoms with E-state index in [2.05, 4.69) is 0 Å². The van der Waals surface area contributed by atoms with Crippen LogP contribution in [0.3, 0.4) is 0 Å². The molecule has 0 atom stereocenters. The molecule has 26 nitrogen and oxygen atoms in total. The Labute approximate surface area is 246 Å². The maximum absolute atomic E-state index is 12.2. The molecule has 0 aromatic carbocycles. The Balaban J connectivity index is 6.35. The van der Waals surface area contributed by atoms with Crippen molar-refractivity contribution in [2.75, 3.05) is 0 Å². The van der Waals surface area contributed by atoms with Crippen LogP contribution in [0.2, 0.25) is 0 Å². The summed E-state index contributed by atoms with van der Waals surface area (Å²) in [7, 11) is -49.7. The second-order valence-corrected chi connectivity index (χ2v) is 24.8. The monoisotopic (exact) mass is 812 g/mol. The minimum absolute atomic E-state index is 0.598. The summed E-state index contributed by atoms with van der Waals surface area (Å²) in [6.45, 7) is 0. The first-order chi connectivity index (χ1) is 18.9. The van der Waals surface area contributed by atoms with Gasteiger partial charge in [-0.1, -0.05) is 25.7 Å². The summed E-state index contributed by atoms with van der Waals surface area (Å²) in [6.07, 6.45) is -5.96. The standard InChI is InChI=1S/C10H32N2O24P8/c13-37(14,15)7(38(16,17)18)11-9(41(25,26)27,42(28,29)30)5-3-1-2-4-6-10(43(31,32)33,44(34,35)36)12-8(39(19,20)21)40(22,23)24/h7-8,11-12H,1-6H2,(H2,13,14,15)(H2,16,17,18)(H2,19,20,21)(H2,22,23,24)(H2,25,26,27)(H2,28,29,30)(H2,31,32,33)(H2,34,35,36). The number of hydrogen-bond acceptors (Lipinski definition) is 10. The van der Waals surface area contributed by atoms with Gasteiger partial charge in [-0.25, -0.2) is 0 Å². The maximum atomic E-state index is 12.2. The first-order valence-electron chi connectivity index (χ1n) is 10.9. The molecule has 18 N–H and O–H groups in total. The van der Waals surface area contributed by atoms with Crippen LogP contribution in [0.4, 0.5) is 0 Å². The molecule has 0 bridgehead atoms. The van der Waals surface area contributed by atoms with Crippen molar-refractivity contribution in [2.45, 2.75) is 59.6 Å². The van der Waals surface area contributed by atoms with E-state index in [0.29, 0.717) is 0 Å². The predicted molar refractivity (Wildman–Crippen MR) is 143 cm³/mol. The Morgan fingerprint density at radius 2 is 0.545 bits per heavy atom. The van der Waals surface area contributed by atoms with Crippen molar-refractivity contribution in [3.05, 3.63) is 0 Å². The molecule has 266 valence electrons. The third-order valence-electron chi connectivity index (χ3n) is 5.72. The van der Waals surface area contributed by atoms with Crippen LogP contribution in [-0.2, 0) is 36.5 Å². The highest BCUT2D eigenvalue weighted by Crippen LogP contribution is 2.73. The van der Waals surface area contributed by atoms with Crippen molar-refractivity contribution in [2.24, 2.45) is 0 Å². The van der Waals surface area contributed by atoms with Crippen LogP contribution in [-0.4, -0.2) is 99.4 Å². The van der Waals surface area contributed by atoms with Gasteiger partial charge in [0.25, 0.3) is 0 Å². The molecule has 0 saturated heterocycles. The van der Waals surface area contributed by atoms with E-state index >= 15 is 0 Å². The summed E-state index contributed by atoms with van der Waals surface area (Å²) >= 11 is 0. The first kappa shape index (κ1) is 45.1. The van der Waals surface area contributed by atoms with Gasteiger partial charge < -0.3 is 78.3 Å². The van der Waals surface area contributed by atoms with E-state index in [1.54, 1.807) is 0 Å². The van der Waals surface area contributed by atoms with Gasteiger partial charge >= 0.3 is 60.8 Å². The van der Waals surface area contributed by atoms with Gasteiger partial charge in [-0.3, -0.25) is 47.2 Å². The van der Waals surface area contributed by atoms with E-state index in [0.717, 1.165) is 10.6 Å². The molecule has 0 amide bonds. The predicted octanol–water partition coefficient (Wildman–Crippen LogP) is -2.20. The van der Waals surface area contributed by atoms with Crippen molar-refractivity contribution in [3.8, 4) is 0 Å². The largest absolute Gasteiger partial charge is 0.357 e. The third kappa shape index (κ3) is 11.3. The zero-order valence-electron chi connectivity index (χ0n) is 21.4. The van der Waals surface area contributed by atoms with Crippen LogP contribution in [0.5, 0.6) is 0 Å². The van der Waals surface area contributed by atoms with E-state index in [4.69, 9.17) is 0 Å². The van der Waals surface area contributed by atoms with Crippen molar-refractivity contribution in [1.82, 2.24) is 10.6 Å². The average Bonchev–Trinajstić information content (AvgIpc) is 2.66. The summed E-state index contributed by atoms with van der Waals surface area (Å²) in [6, 6.07) is 0. The minimum atomic E-state index is -6.32. The fourth-order valence-electron chi connectivity index (χ4n) is 3.64. The summed E-state index contributed by atoms with van der Waals surface area (Å²) in [4.78, 5) is 151. The topological polar surface area (TPSA) is 484 Å². The third-order valence-corrected chi connectivity index (χ3v) is 20.8. The quantitative estimate of drug-likeness (QED) is 0.0486. The molecule has 0 aliphatic heterocycles. The van der Waals surface area contributed by atoms with E-state index in [-0.39, 0.29) is 0 Å². The summed E-state index contributed by atoms with van der Waals surface area (Å²) in [5.74, 6) is 0. The molecule has 0 radical (unpaired) electrons. The molecule has 0 aliphatic carbocycles. The highest BCUT2D eigenvalue weighted by molar-refractivity contribution is 7.74. The lowest BCUT2D eigenvalue weighted by Crippen LogP contribution is -2.49. The Kier molecular flexibility index (Phi) is 14.9. The second-order valence-electron chi connectivity index (χ2n) is 9.12. The van der Waals surface area contributed by atoms with Crippen LogP contribution in [0.25, 0.3) is 0 Å². The number of rotatable bonds is 19. The van der Waals surface area contributed by atoms with Gasteiger partial charge in [0, 0.05) is 0 Å². The highest BCUT2D eigenvalue weighted by Gasteiger charge is 2.65. The van der Waals surface area contributed by atoms with Crippen LogP contribution in [0, 0.1) is 0 Å². The molecular formula is C10H32N2O24P8. The molecule has 0 fully saturated rings. The Morgan fingerprint density at radius 1 is 0.364 bits per heavy atom. The molecule has 0 rings (SSSR count). The van der Waals surface area contributed by atoms with Crippen molar-refractivity contribution in [1.29, 1.82) is 0 Å². The minimum Gasteiger partial charge on any atom is -0.323 e. The lowest BCUT2D eigenvalue weighted by Gasteiger charge is -2.39. The van der Waals surface area contributed by atoms with Crippen LogP contribution < -0.4 is 10.6 Å². The maximum Gasteiger partial charge on any atom is 0.357 e. The fourth-order valence-corrected chi connectivity index (χ4v) is 14.8. The summed E-state index contributed by atoms with van der Waals surface area (Å²) < 4.78 is 94.9. The Morgan fingerprint density at radius 3 is 0.682 bits per heavy atom. The zero-order chi connectivity index (χ0) is 35.8. The van der Waals surface area contributed by atoms with Crippen molar-refractivity contribution < 1.29 is 115 Å². The Hall–Kier alpha value is 1.12. The molecule has 0 aromatic heterocycles. The van der Waals surface area contributed by atoms with Crippen LogP contribution in [0.15, 0.2) is 0 Å². The molecule has 0 aromatic rings. The van der Waals surface area contributed by atoms with E-state index in [1.807, 2.05) is 0 Å². The van der Waals surface area contributed by atoms with Gasteiger partial charge in [0.15, 0.2) is 0 Å². The number of nitrogens with one attached hydrogen (secondary N) is 2. The van der Waals surface area contributed by atoms with Gasteiger partial charge in [-0.2, -0.15) is 0 Å². The van der Waals surface area contributed by atoms with Crippen LogP contribution >= 0.6 is 60.8 Å². The van der Waals surface area contributed by atoms with Crippen LogP contribution in [0.1, 0.15) is 38.5 Å². The molecule has 44 heavy (non-hydrogen) atoms. The average molecular weight is 812 g/mol. The molecule has 34 heteroatoms. The number of hydrogen-bond donors (Lipinski definition) is 18. The summed E-state index contributed by atoms with van der Waals surface area (Å²) in [5.41, 5.74) is -7.08. The van der Waals surface area contributed by atoms with Gasteiger partial charge in [0.05, 0.1) is 0 Å². The lowest BCUT2D eigenvalue weighted by molar-refractivity contribution is 0.258. The lowest BCUT2D eigenvalue weighted by atomic mass is 10.1. The summed E-state index contributed by atoms with van der Waals surface area (Å²) in [5, 5.41) is -6.06. The fraction of sp³-hybridized carbons (Fsp3) is 1.00. The smallest absolute Gasteiger partial charge is 0.323 e. The Bertz CT molecular complexity index is 1200. The van der Waals surface area contributed by atoms with E-state index < -0.39 is 120 Å². The zero-order valence-corrected chi connectivity index (χ0v) is 28.6. The van der Waals surface area contributed by atoms with Gasteiger partial charge in [-0.05, 0) is 12.8 Å². The van der Waals surface area contributed by atoms with Gasteiger partial charge in [-0.15, -0.1) is 0 Å². The van der Waals surface area contributed by atoms with Crippen molar-refractivity contribution in [3.63, 3.8) is 0 Å².